The Labute approximate surface area is 154 Å². The molecule has 8 nitrogen and oxygen atoms in total. The van der Waals surface area contributed by atoms with Crippen LogP contribution in [0.5, 0.6) is 5.75 Å². The second kappa shape index (κ2) is 5.80. The summed E-state index contributed by atoms with van der Waals surface area (Å²) in [7, 11) is 0. The average Bonchev–Trinajstić information content (AvgIpc) is 3.14. The van der Waals surface area contributed by atoms with Crippen molar-refractivity contribution >= 4 is 34.2 Å². The maximum absolute atomic E-state index is 12.3. The van der Waals surface area contributed by atoms with Crippen molar-refractivity contribution in [1.29, 1.82) is 0 Å². The summed E-state index contributed by atoms with van der Waals surface area (Å²) in [6.07, 6.45) is 0.309. The van der Waals surface area contributed by atoms with Gasteiger partial charge in [0.1, 0.15) is 16.8 Å². The molecule has 1 N–H and O–H groups in total. The lowest BCUT2D eigenvalue weighted by molar-refractivity contribution is -0.121. The van der Waals surface area contributed by atoms with Gasteiger partial charge in [-0.2, -0.15) is 0 Å². The van der Waals surface area contributed by atoms with Crippen LogP contribution in [0.4, 0.5) is 11.4 Å². The van der Waals surface area contributed by atoms with E-state index < -0.39 is 0 Å². The normalized spacial score (nSPS) is 18.7. The number of benzene rings is 2. The summed E-state index contributed by atoms with van der Waals surface area (Å²) in [5, 5.41) is 10.6. The number of nitrogens with zero attached hydrogens (tertiary/aromatic N) is 3. The van der Waals surface area contributed by atoms with Crippen LogP contribution in [0.2, 0.25) is 0 Å². The van der Waals surface area contributed by atoms with Crippen LogP contribution in [-0.4, -0.2) is 35.3 Å². The minimum absolute atomic E-state index is 0.00677. The summed E-state index contributed by atoms with van der Waals surface area (Å²) in [6.45, 7) is 2.49. The van der Waals surface area contributed by atoms with Crippen molar-refractivity contribution in [3.63, 3.8) is 0 Å². The van der Waals surface area contributed by atoms with Gasteiger partial charge in [-0.3, -0.25) is 9.59 Å². The maximum atomic E-state index is 12.3. The Bertz CT molecular complexity index is 1090. The van der Waals surface area contributed by atoms with Crippen LogP contribution in [0.15, 0.2) is 35.0 Å². The first-order valence-electron chi connectivity index (χ1n) is 8.77. The Kier molecular flexibility index (Phi) is 3.40. The highest BCUT2D eigenvalue weighted by molar-refractivity contribution is 6.01. The van der Waals surface area contributed by atoms with E-state index in [1.807, 2.05) is 31.2 Å². The molecular formula is C19H16N4O4. The van der Waals surface area contributed by atoms with Gasteiger partial charge in [-0.05, 0) is 46.6 Å². The van der Waals surface area contributed by atoms with E-state index in [4.69, 9.17) is 9.37 Å². The molecule has 1 atom stereocenters. The van der Waals surface area contributed by atoms with Crippen LogP contribution in [-0.2, 0) is 9.59 Å². The Morgan fingerprint density at radius 1 is 1.19 bits per heavy atom. The third-order valence-electron chi connectivity index (χ3n) is 5.11. The van der Waals surface area contributed by atoms with E-state index >= 15 is 0 Å². The summed E-state index contributed by atoms with van der Waals surface area (Å²) in [5.74, 6) is 0.310. The number of ether oxygens (including phenoxy) is 1. The van der Waals surface area contributed by atoms with Crippen molar-refractivity contribution < 1.29 is 19.0 Å². The van der Waals surface area contributed by atoms with Crippen molar-refractivity contribution in [2.75, 3.05) is 23.4 Å². The molecule has 0 radical (unpaired) electrons. The lowest BCUT2D eigenvalue weighted by Crippen LogP contribution is -2.39. The molecule has 136 valence electrons. The first-order chi connectivity index (χ1) is 13.1. The van der Waals surface area contributed by atoms with Crippen LogP contribution in [0, 0.1) is 0 Å². The molecule has 27 heavy (non-hydrogen) atoms. The number of hydrogen-bond acceptors (Lipinski definition) is 6. The molecule has 5 rings (SSSR count). The Morgan fingerprint density at radius 2 is 2.04 bits per heavy atom. The van der Waals surface area contributed by atoms with Crippen molar-refractivity contribution in [3.05, 3.63) is 41.5 Å². The topological polar surface area (TPSA) is 97.6 Å². The Morgan fingerprint density at radius 3 is 2.89 bits per heavy atom. The monoisotopic (exact) mass is 364 g/mol. The molecule has 2 aliphatic heterocycles. The predicted octanol–water partition coefficient (Wildman–Crippen LogP) is 2.44. The summed E-state index contributed by atoms with van der Waals surface area (Å²) in [4.78, 5) is 26.2. The molecule has 3 aromatic rings. The largest absolute Gasteiger partial charge is 0.481 e. The summed E-state index contributed by atoms with van der Waals surface area (Å²) < 4.78 is 10.4. The van der Waals surface area contributed by atoms with E-state index in [0.29, 0.717) is 35.4 Å². The van der Waals surface area contributed by atoms with Gasteiger partial charge in [0.15, 0.2) is 6.61 Å². The Balaban J connectivity index is 1.66. The van der Waals surface area contributed by atoms with E-state index in [2.05, 4.69) is 15.6 Å². The number of anilines is 2. The van der Waals surface area contributed by atoms with Crippen LogP contribution >= 0.6 is 0 Å². The van der Waals surface area contributed by atoms with Crippen molar-refractivity contribution in [3.8, 4) is 5.75 Å². The lowest BCUT2D eigenvalue weighted by Gasteiger charge is -2.33. The fraction of sp³-hybridized carbons (Fsp3) is 0.263. The first-order valence-corrected chi connectivity index (χ1v) is 8.77. The minimum Gasteiger partial charge on any atom is -0.481 e. The molecule has 0 bridgehead atoms. The molecule has 8 heteroatoms. The zero-order valence-corrected chi connectivity index (χ0v) is 14.6. The average molecular weight is 364 g/mol. The highest BCUT2D eigenvalue weighted by Gasteiger charge is 2.32. The van der Waals surface area contributed by atoms with Crippen LogP contribution in [0.25, 0.3) is 11.0 Å². The summed E-state index contributed by atoms with van der Waals surface area (Å²) in [5.41, 5.74) is 4.64. The molecule has 0 saturated carbocycles. The number of fused-ring (bicyclic) bond motifs is 3. The van der Waals surface area contributed by atoms with Gasteiger partial charge in [0.25, 0.3) is 5.91 Å². The van der Waals surface area contributed by atoms with E-state index in [-0.39, 0.29) is 24.3 Å². The van der Waals surface area contributed by atoms with Crippen LogP contribution in [0.3, 0.4) is 0 Å². The van der Waals surface area contributed by atoms with Gasteiger partial charge in [-0.1, -0.05) is 6.07 Å². The lowest BCUT2D eigenvalue weighted by atomic mass is 9.84. The van der Waals surface area contributed by atoms with Gasteiger partial charge in [-0.25, -0.2) is 4.63 Å². The molecular weight excluding hydrogens is 348 g/mol. The van der Waals surface area contributed by atoms with E-state index in [1.165, 1.54) is 0 Å². The second-order valence-electron chi connectivity index (χ2n) is 6.65. The molecule has 2 aromatic carbocycles. The van der Waals surface area contributed by atoms with Crippen LogP contribution in [0.1, 0.15) is 30.4 Å². The van der Waals surface area contributed by atoms with E-state index in [1.54, 1.807) is 11.0 Å². The summed E-state index contributed by atoms with van der Waals surface area (Å²) in [6, 6.07) is 9.40. The minimum atomic E-state index is -0.157. The number of nitrogens with one attached hydrogen (secondary N) is 1. The fourth-order valence-corrected chi connectivity index (χ4v) is 3.82. The van der Waals surface area contributed by atoms with E-state index in [0.717, 1.165) is 16.8 Å². The van der Waals surface area contributed by atoms with Crippen molar-refractivity contribution in [2.24, 2.45) is 0 Å². The van der Waals surface area contributed by atoms with Crippen molar-refractivity contribution in [2.45, 2.75) is 19.3 Å². The Hall–Kier alpha value is -3.42. The number of amides is 2. The smallest absolute Gasteiger partial charge is 0.265 e. The molecule has 3 heterocycles. The second-order valence-corrected chi connectivity index (χ2v) is 6.65. The van der Waals surface area contributed by atoms with Gasteiger partial charge in [-0.15, -0.1) is 0 Å². The molecule has 2 aliphatic rings. The third-order valence-corrected chi connectivity index (χ3v) is 5.11. The van der Waals surface area contributed by atoms with Gasteiger partial charge < -0.3 is 15.0 Å². The summed E-state index contributed by atoms with van der Waals surface area (Å²) >= 11 is 0. The maximum Gasteiger partial charge on any atom is 0.265 e. The third kappa shape index (κ3) is 2.44. The molecule has 0 aliphatic carbocycles. The molecule has 2 amide bonds. The SMILES string of the molecule is CCN1C(=O)COc2cc3c(cc21)[C@H](c1ccc2nonc2c1)CC(=O)N3. The van der Waals surface area contributed by atoms with Crippen molar-refractivity contribution in [1.82, 2.24) is 10.3 Å². The number of carbonyl (C=O) groups is 2. The first kappa shape index (κ1) is 15.8. The number of likely N-dealkylation sites (N-methyl/N-ethyl adjacent to an activating group) is 1. The van der Waals surface area contributed by atoms with E-state index in [9.17, 15) is 9.59 Å². The highest BCUT2D eigenvalue weighted by Crippen LogP contribution is 2.44. The fourth-order valence-electron chi connectivity index (χ4n) is 3.82. The van der Waals surface area contributed by atoms with Gasteiger partial charge in [0.2, 0.25) is 5.91 Å². The molecule has 0 fully saturated rings. The van der Waals surface area contributed by atoms with Crippen LogP contribution < -0.4 is 15.0 Å². The zero-order valence-electron chi connectivity index (χ0n) is 14.6. The number of aromatic nitrogens is 2. The predicted molar refractivity (Wildman–Crippen MR) is 96.9 cm³/mol. The highest BCUT2D eigenvalue weighted by atomic mass is 16.6. The molecule has 0 saturated heterocycles. The standard InChI is InChI=1S/C19H16N4O4/c1-2-23-16-6-12-11(10-3-4-13-15(5-10)22-27-21-13)7-18(24)20-14(12)8-17(16)26-9-19(23)25/h3-6,8,11H,2,7,9H2,1H3,(H,20,24)/t11-/m0/s1. The number of carbonyl (C=O) groups excluding carboxylic acids is 2. The van der Waals surface area contributed by atoms with Gasteiger partial charge >= 0.3 is 0 Å². The number of rotatable bonds is 2. The zero-order chi connectivity index (χ0) is 18.5. The number of hydrogen-bond donors (Lipinski definition) is 1. The van der Waals surface area contributed by atoms with Gasteiger partial charge in [0, 0.05) is 30.6 Å². The molecule has 0 unspecified atom stereocenters. The quantitative estimate of drug-likeness (QED) is 0.750. The molecule has 1 aromatic heterocycles. The van der Waals surface area contributed by atoms with Gasteiger partial charge in [0.05, 0.1) is 5.69 Å². The molecule has 0 spiro atoms.